The van der Waals surface area contributed by atoms with E-state index in [-0.39, 0.29) is 11.9 Å². The highest BCUT2D eigenvalue weighted by atomic mass is 16.5. The average Bonchev–Trinajstić information content (AvgIpc) is 2.76. The maximum Gasteiger partial charge on any atom is 0.251 e. The fourth-order valence-electron chi connectivity index (χ4n) is 3.22. The van der Waals surface area contributed by atoms with Gasteiger partial charge in [0.25, 0.3) is 5.91 Å². The standard InChI is InChI=1S/C25H27NO3/c1-3-28-23-16-15-21(18-24(23)29-4-2)22(17-19-11-7-5-8-12-19)26-25(27)20-13-9-6-10-14-20/h5-16,18,22H,3-4,17H2,1-2H3,(H,26,27)/t22-/m0/s1. The molecule has 0 aromatic heterocycles. The zero-order valence-electron chi connectivity index (χ0n) is 16.9. The summed E-state index contributed by atoms with van der Waals surface area (Å²) in [6, 6.07) is 25.1. The van der Waals surface area contributed by atoms with Crippen LogP contribution in [0.1, 0.15) is 41.4 Å². The Kier molecular flexibility index (Phi) is 7.28. The van der Waals surface area contributed by atoms with Crippen LogP contribution < -0.4 is 14.8 Å². The minimum absolute atomic E-state index is 0.0987. The first-order chi connectivity index (χ1) is 14.2. The molecular weight excluding hydrogens is 362 g/mol. The summed E-state index contributed by atoms with van der Waals surface area (Å²) in [6.45, 7) is 5.00. The molecule has 3 aromatic carbocycles. The van der Waals surface area contributed by atoms with Gasteiger partial charge in [-0.25, -0.2) is 0 Å². The van der Waals surface area contributed by atoms with Gasteiger partial charge < -0.3 is 14.8 Å². The lowest BCUT2D eigenvalue weighted by molar-refractivity contribution is 0.0936. The third-order valence-electron chi connectivity index (χ3n) is 4.59. The van der Waals surface area contributed by atoms with Crippen LogP contribution in [0.3, 0.4) is 0 Å². The topological polar surface area (TPSA) is 47.6 Å². The summed E-state index contributed by atoms with van der Waals surface area (Å²) in [5, 5.41) is 3.18. The minimum Gasteiger partial charge on any atom is -0.490 e. The second-order valence-electron chi connectivity index (χ2n) is 6.65. The lowest BCUT2D eigenvalue weighted by Crippen LogP contribution is -2.30. The van der Waals surface area contributed by atoms with E-state index in [0.29, 0.717) is 36.7 Å². The van der Waals surface area contributed by atoms with Crippen molar-refractivity contribution >= 4 is 5.91 Å². The van der Waals surface area contributed by atoms with E-state index in [2.05, 4.69) is 17.4 Å². The molecule has 1 N–H and O–H groups in total. The molecule has 0 saturated carbocycles. The molecule has 29 heavy (non-hydrogen) atoms. The summed E-state index contributed by atoms with van der Waals surface area (Å²) < 4.78 is 11.5. The molecule has 0 spiro atoms. The third kappa shape index (κ3) is 5.61. The lowest BCUT2D eigenvalue weighted by atomic mass is 9.98. The predicted octanol–water partition coefficient (Wildman–Crippen LogP) is 5.20. The van der Waals surface area contributed by atoms with Gasteiger partial charge in [-0.1, -0.05) is 54.6 Å². The van der Waals surface area contributed by atoms with E-state index in [4.69, 9.17) is 9.47 Å². The predicted molar refractivity (Wildman–Crippen MR) is 116 cm³/mol. The number of hydrogen-bond acceptors (Lipinski definition) is 3. The van der Waals surface area contributed by atoms with Crippen LogP contribution in [-0.2, 0) is 6.42 Å². The zero-order valence-corrected chi connectivity index (χ0v) is 16.9. The van der Waals surface area contributed by atoms with E-state index in [1.54, 1.807) is 0 Å². The van der Waals surface area contributed by atoms with Gasteiger partial charge in [-0.2, -0.15) is 0 Å². The largest absolute Gasteiger partial charge is 0.490 e. The molecule has 150 valence electrons. The number of rotatable bonds is 9. The Morgan fingerprint density at radius 3 is 2.10 bits per heavy atom. The summed E-state index contributed by atoms with van der Waals surface area (Å²) in [7, 11) is 0. The van der Waals surface area contributed by atoms with Gasteiger partial charge in [0.2, 0.25) is 0 Å². The van der Waals surface area contributed by atoms with E-state index < -0.39 is 0 Å². The molecule has 4 nitrogen and oxygen atoms in total. The first-order valence-corrected chi connectivity index (χ1v) is 10.0. The molecule has 0 fully saturated rings. The first-order valence-electron chi connectivity index (χ1n) is 10.0. The quantitative estimate of drug-likeness (QED) is 0.547. The molecule has 0 saturated heterocycles. The van der Waals surface area contributed by atoms with Gasteiger partial charge in [0.1, 0.15) is 0 Å². The van der Waals surface area contributed by atoms with Gasteiger partial charge in [-0.3, -0.25) is 4.79 Å². The number of carbonyl (C=O) groups excluding carboxylic acids is 1. The van der Waals surface area contributed by atoms with Gasteiger partial charge in [-0.15, -0.1) is 0 Å². The fraction of sp³-hybridized carbons (Fsp3) is 0.240. The van der Waals surface area contributed by atoms with Crippen LogP contribution >= 0.6 is 0 Å². The van der Waals surface area contributed by atoms with Crippen molar-refractivity contribution < 1.29 is 14.3 Å². The van der Waals surface area contributed by atoms with Gasteiger partial charge in [0.05, 0.1) is 19.3 Å². The SMILES string of the molecule is CCOc1ccc([C@H](Cc2ccccc2)NC(=O)c2ccccc2)cc1OCC. The molecule has 3 rings (SSSR count). The van der Waals surface area contributed by atoms with Crippen LogP contribution in [0.25, 0.3) is 0 Å². The summed E-state index contributed by atoms with van der Waals surface area (Å²) in [5.41, 5.74) is 2.77. The number of carbonyl (C=O) groups is 1. The summed E-state index contributed by atoms with van der Waals surface area (Å²) in [6.07, 6.45) is 0.680. The Balaban J connectivity index is 1.91. The van der Waals surface area contributed by atoms with Gasteiger partial charge >= 0.3 is 0 Å². The second kappa shape index (κ2) is 10.3. The number of ether oxygens (including phenoxy) is 2. The lowest BCUT2D eigenvalue weighted by Gasteiger charge is -2.21. The van der Waals surface area contributed by atoms with Crippen LogP contribution in [0.15, 0.2) is 78.9 Å². The van der Waals surface area contributed by atoms with Crippen molar-refractivity contribution in [1.82, 2.24) is 5.32 Å². The Morgan fingerprint density at radius 1 is 0.828 bits per heavy atom. The van der Waals surface area contributed by atoms with Gasteiger partial charge in [-0.05, 0) is 55.7 Å². The Labute approximate surface area is 172 Å². The molecule has 0 unspecified atom stereocenters. The second-order valence-corrected chi connectivity index (χ2v) is 6.65. The summed E-state index contributed by atoms with van der Waals surface area (Å²) in [5.74, 6) is 1.31. The van der Waals surface area contributed by atoms with Crippen LogP contribution in [0.2, 0.25) is 0 Å². The Morgan fingerprint density at radius 2 is 1.45 bits per heavy atom. The van der Waals surface area contributed by atoms with Crippen molar-refractivity contribution in [3.8, 4) is 11.5 Å². The average molecular weight is 389 g/mol. The Bertz CT molecular complexity index is 910. The van der Waals surface area contributed by atoms with Gasteiger partial charge in [0, 0.05) is 5.56 Å². The smallest absolute Gasteiger partial charge is 0.251 e. The third-order valence-corrected chi connectivity index (χ3v) is 4.59. The molecule has 0 heterocycles. The highest BCUT2D eigenvalue weighted by Crippen LogP contribution is 2.32. The van der Waals surface area contributed by atoms with Crippen LogP contribution in [-0.4, -0.2) is 19.1 Å². The molecular formula is C25H27NO3. The molecule has 0 radical (unpaired) electrons. The number of amides is 1. The van der Waals surface area contributed by atoms with Crippen LogP contribution in [0.4, 0.5) is 0 Å². The molecule has 3 aromatic rings. The van der Waals surface area contributed by atoms with Crippen LogP contribution in [0, 0.1) is 0 Å². The molecule has 0 aliphatic rings. The molecule has 0 aliphatic carbocycles. The van der Waals surface area contributed by atoms with Crippen molar-refractivity contribution in [2.24, 2.45) is 0 Å². The molecule has 0 aliphatic heterocycles. The van der Waals surface area contributed by atoms with Crippen molar-refractivity contribution in [1.29, 1.82) is 0 Å². The fourth-order valence-corrected chi connectivity index (χ4v) is 3.22. The number of benzene rings is 3. The highest BCUT2D eigenvalue weighted by Gasteiger charge is 2.18. The van der Waals surface area contributed by atoms with E-state index in [1.165, 1.54) is 0 Å². The number of hydrogen-bond donors (Lipinski definition) is 1. The highest BCUT2D eigenvalue weighted by molar-refractivity contribution is 5.94. The maximum absolute atomic E-state index is 12.8. The Hall–Kier alpha value is -3.27. The molecule has 1 amide bonds. The summed E-state index contributed by atoms with van der Waals surface area (Å²) in [4.78, 5) is 12.8. The van der Waals surface area contributed by atoms with E-state index in [1.807, 2.05) is 80.6 Å². The molecule has 0 bridgehead atoms. The zero-order chi connectivity index (χ0) is 20.5. The normalized spacial score (nSPS) is 11.5. The van der Waals surface area contributed by atoms with Crippen LogP contribution in [0.5, 0.6) is 11.5 Å². The summed E-state index contributed by atoms with van der Waals surface area (Å²) >= 11 is 0. The maximum atomic E-state index is 12.8. The van der Waals surface area contributed by atoms with Crippen molar-refractivity contribution in [3.05, 3.63) is 95.6 Å². The van der Waals surface area contributed by atoms with Gasteiger partial charge in [0.15, 0.2) is 11.5 Å². The van der Waals surface area contributed by atoms with E-state index in [0.717, 1.165) is 11.1 Å². The van der Waals surface area contributed by atoms with Crippen molar-refractivity contribution in [3.63, 3.8) is 0 Å². The number of nitrogens with one attached hydrogen (secondary N) is 1. The molecule has 1 atom stereocenters. The van der Waals surface area contributed by atoms with E-state index in [9.17, 15) is 4.79 Å². The first kappa shape index (κ1) is 20.5. The van der Waals surface area contributed by atoms with Crippen molar-refractivity contribution in [2.75, 3.05) is 13.2 Å². The van der Waals surface area contributed by atoms with Crippen molar-refractivity contribution in [2.45, 2.75) is 26.3 Å². The molecule has 4 heteroatoms. The van der Waals surface area contributed by atoms with E-state index >= 15 is 0 Å². The monoisotopic (exact) mass is 389 g/mol. The minimum atomic E-state index is -0.194.